The molecule has 0 bridgehead atoms. The van der Waals surface area contributed by atoms with Crippen LogP contribution in [0.1, 0.15) is 32.6 Å². The highest BCUT2D eigenvalue weighted by Gasteiger charge is 2.38. The molecule has 19 heavy (non-hydrogen) atoms. The van der Waals surface area contributed by atoms with Crippen molar-refractivity contribution in [3.63, 3.8) is 0 Å². The number of rotatable bonds is 3. The molecule has 5 heteroatoms. The van der Waals surface area contributed by atoms with Crippen LogP contribution in [0.4, 0.5) is 0 Å². The Hall–Kier alpha value is -1.38. The Bertz CT molecular complexity index is 567. The van der Waals surface area contributed by atoms with Gasteiger partial charge in [0.2, 0.25) is 10.0 Å². The highest BCUT2D eigenvalue weighted by atomic mass is 32.2. The van der Waals surface area contributed by atoms with Crippen LogP contribution in [0, 0.1) is 17.2 Å². The minimum absolute atomic E-state index is 0.211. The van der Waals surface area contributed by atoms with Crippen LogP contribution >= 0.6 is 0 Å². The molecule has 0 aliphatic heterocycles. The molecule has 0 saturated heterocycles. The van der Waals surface area contributed by atoms with E-state index in [2.05, 4.69) is 17.7 Å². The standard InChI is InChI=1S/C14H18N2O2S/c1-12-7-9-14(11-15,10-8-12)16-19(17,18)13-5-3-2-4-6-13/h2-6,12,16H,7-10H2,1H3. The van der Waals surface area contributed by atoms with Gasteiger partial charge in [0.1, 0.15) is 5.54 Å². The van der Waals surface area contributed by atoms with Crippen LogP contribution in [-0.2, 0) is 10.0 Å². The fraction of sp³-hybridized carbons (Fsp3) is 0.500. The first-order valence-electron chi connectivity index (χ1n) is 6.48. The molecule has 2 rings (SSSR count). The van der Waals surface area contributed by atoms with Gasteiger partial charge in [0.25, 0.3) is 0 Å². The van der Waals surface area contributed by atoms with Gasteiger partial charge in [-0.15, -0.1) is 0 Å². The Morgan fingerprint density at radius 3 is 2.37 bits per heavy atom. The van der Waals surface area contributed by atoms with E-state index in [1.54, 1.807) is 30.3 Å². The van der Waals surface area contributed by atoms with Gasteiger partial charge < -0.3 is 0 Å². The molecule has 0 radical (unpaired) electrons. The van der Waals surface area contributed by atoms with Crippen LogP contribution in [0.15, 0.2) is 35.2 Å². The van der Waals surface area contributed by atoms with Crippen molar-refractivity contribution < 1.29 is 8.42 Å². The lowest BCUT2D eigenvalue weighted by Gasteiger charge is -2.33. The molecule has 1 aromatic rings. The molecular formula is C14H18N2O2S. The predicted octanol–water partition coefficient (Wildman–Crippen LogP) is 2.44. The molecule has 102 valence electrons. The number of nitrogens with one attached hydrogen (secondary N) is 1. The summed E-state index contributed by atoms with van der Waals surface area (Å²) in [6, 6.07) is 10.4. The summed E-state index contributed by atoms with van der Waals surface area (Å²) < 4.78 is 27.2. The van der Waals surface area contributed by atoms with Crippen molar-refractivity contribution in [1.29, 1.82) is 5.26 Å². The Balaban J connectivity index is 2.22. The van der Waals surface area contributed by atoms with E-state index >= 15 is 0 Å². The van der Waals surface area contributed by atoms with Crippen LogP contribution in [-0.4, -0.2) is 14.0 Å². The molecule has 4 nitrogen and oxygen atoms in total. The molecule has 0 atom stereocenters. The number of nitriles is 1. The van der Waals surface area contributed by atoms with E-state index < -0.39 is 15.6 Å². The maximum atomic E-state index is 12.3. The van der Waals surface area contributed by atoms with Gasteiger partial charge in [-0.05, 0) is 43.7 Å². The van der Waals surface area contributed by atoms with E-state index in [0.717, 1.165) is 12.8 Å². The molecule has 1 aromatic carbocycles. The topological polar surface area (TPSA) is 70.0 Å². The number of nitrogens with zero attached hydrogens (tertiary/aromatic N) is 1. The van der Waals surface area contributed by atoms with Crippen molar-refractivity contribution in [2.75, 3.05) is 0 Å². The van der Waals surface area contributed by atoms with E-state index in [9.17, 15) is 13.7 Å². The first-order valence-corrected chi connectivity index (χ1v) is 7.96. The minimum Gasteiger partial charge on any atom is -0.207 e. The molecule has 0 aromatic heterocycles. The molecular weight excluding hydrogens is 260 g/mol. The monoisotopic (exact) mass is 278 g/mol. The quantitative estimate of drug-likeness (QED) is 0.923. The normalized spacial score (nSPS) is 27.7. The van der Waals surface area contributed by atoms with E-state index in [4.69, 9.17) is 0 Å². The molecule has 0 unspecified atom stereocenters. The molecule has 1 N–H and O–H groups in total. The lowest BCUT2D eigenvalue weighted by atomic mass is 9.79. The first-order chi connectivity index (χ1) is 8.97. The Labute approximate surface area is 114 Å². The fourth-order valence-electron chi connectivity index (χ4n) is 2.41. The molecule has 0 heterocycles. The zero-order chi connectivity index (χ0) is 13.9. The van der Waals surface area contributed by atoms with Crippen LogP contribution in [0.5, 0.6) is 0 Å². The maximum absolute atomic E-state index is 12.3. The SMILES string of the molecule is CC1CCC(C#N)(NS(=O)(=O)c2ccccc2)CC1. The van der Waals surface area contributed by atoms with Gasteiger partial charge in [0.15, 0.2) is 0 Å². The van der Waals surface area contributed by atoms with Crippen molar-refractivity contribution in [2.24, 2.45) is 5.92 Å². The van der Waals surface area contributed by atoms with Crippen LogP contribution < -0.4 is 4.72 Å². The first kappa shape index (κ1) is 14.0. The van der Waals surface area contributed by atoms with E-state index in [-0.39, 0.29) is 4.90 Å². The van der Waals surface area contributed by atoms with Crippen molar-refractivity contribution in [3.8, 4) is 6.07 Å². The third-order valence-electron chi connectivity index (χ3n) is 3.73. The van der Waals surface area contributed by atoms with Gasteiger partial charge in [-0.2, -0.15) is 9.98 Å². The maximum Gasteiger partial charge on any atom is 0.241 e. The van der Waals surface area contributed by atoms with E-state index in [1.165, 1.54) is 0 Å². The lowest BCUT2D eigenvalue weighted by molar-refractivity contribution is 0.278. The van der Waals surface area contributed by atoms with Gasteiger partial charge in [-0.1, -0.05) is 25.1 Å². The third-order valence-corrected chi connectivity index (χ3v) is 5.28. The molecule has 1 saturated carbocycles. The number of benzene rings is 1. The second-order valence-electron chi connectivity index (χ2n) is 5.29. The minimum atomic E-state index is -3.62. The van der Waals surface area contributed by atoms with Crippen molar-refractivity contribution in [2.45, 2.75) is 43.0 Å². The van der Waals surface area contributed by atoms with Crippen molar-refractivity contribution in [3.05, 3.63) is 30.3 Å². The summed E-state index contributed by atoms with van der Waals surface area (Å²) in [7, 11) is -3.62. The van der Waals surface area contributed by atoms with Gasteiger partial charge >= 0.3 is 0 Å². The average Bonchev–Trinajstić information content (AvgIpc) is 2.42. The molecule has 1 fully saturated rings. The predicted molar refractivity (Wildman–Crippen MR) is 72.7 cm³/mol. The number of hydrogen-bond donors (Lipinski definition) is 1. The average molecular weight is 278 g/mol. The second kappa shape index (κ2) is 5.32. The summed E-state index contributed by atoms with van der Waals surface area (Å²) in [5.74, 6) is 0.558. The third kappa shape index (κ3) is 3.14. The lowest BCUT2D eigenvalue weighted by Crippen LogP contribution is -2.49. The second-order valence-corrected chi connectivity index (χ2v) is 6.98. The summed E-state index contributed by atoms with van der Waals surface area (Å²) >= 11 is 0. The Morgan fingerprint density at radius 2 is 1.84 bits per heavy atom. The van der Waals surface area contributed by atoms with E-state index in [0.29, 0.717) is 18.8 Å². The summed E-state index contributed by atoms with van der Waals surface area (Å²) in [6.45, 7) is 2.13. The number of sulfonamides is 1. The Morgan fingerprint density at radius 1 is 1.26 bits per heavy atom. The Kier molecular flexibility index (Phi) is 3.93. The number of hydrogen-bond acceptors (Lipinski definition) is 3. The smallest absolute Gasteiger partial charge is 0.207 e. The van der Waals surface area contributed by atoms with Gasteiger partial charge in [0.05, 0.1) is 11.0 Å². The van der Waals surface area contributed by atoms with Crippen LogP contribution in [0.25, 0.3) is 0 Å². The largest absolute Gasteiger partial charge is 0.241 e. The zero-order valence-corrected chi connectivity index (χ0v) is 11.8. The molecule has 0 amide bonds. The van der Waals surface area contributed by atoms with Crippen molar-refractivity contribution in [1.82, 2.24) is 4.72 Å². The van der Waals surface area contributed by atoms with Gasteiger partial charge in [-0.3, -0.25) is 0 Å². The molecule has 0 spiro atoms. The summed E-state index contributed by atoms with van der Waals surface area (Å²) in [6.07, 6.45) is 2.92. The van der Waals surface area contributed by atoms with Gasteiger partial charge in [0, 0.05) is 0 Å². The summed E-state index contributed by atoms with van der Waals surface area (Å²) in [5, 5.41) is 9.36. The van der Waals surface area contributed by atoms with Crippen LogP contribution in [0.2, 0.25) is 0 Å². The highest BCUT2D eigenvalue weighted by molar-refractivity contribution is 7.89. The van der Waals surface area contributed by atoms with Crippen molar-refractivity contribution >= 4 is 10.0 Å². The van der Waals surface area contributed by atoms with E-state index in [1.807, 2.05) is 0 Å². The van der Waals surface area contributed by atoms with Gasteiger partial charge in [-0.25, -0.2) is 8.42 Å². The fourth-order valence-corrected chi connectivity index (χ4v) is 3.80. The van der Waals surface area contributed by atoms with Crippen LogP contribution in [0.3, 0.4) is 0 Å². The highest BCUT2D eigenvalue weighted by Crippen LogP contribution is 2.32. The molecule has 1 aliphatic rings. The molecule has 1 aliphatic carbocycles. The summed E-state index contributed by atoms with van der Waals surface area (Å²) in [5.41, 5.74) is -0.943. The summed E-state index contributed by atoms with van der Waals surface area (Å²) in [4.78, 5) is 0.211. The zero-order valence-electron chi connectivity index (χ0n) is 11.0.